The van der Waals surface area contributed by atoms with Crippen LogP contribution in [0.15, 0.2) is 36.4 Å². The number of hydrogen-bond acceptors (Lipinski definition) is 3. The van der Waals surface area contributed by atoms with Crippen LogP contribution in [0.2, 0.25) is 0 Å². The average Bonchev–Trinajstić information content (AvgIpc) is 2.34. The van der Waals surface area contributed by atoms with Crippen molar-refractivity contribution in [1.29, 1.82) is 0 Å². The zero-order valence-electron chi connectivity index (χ0n) is 9.42. The maximum atomic E-state index is 11.1. The molecule has 2 rings (SSSR count). The predicted molar refractivity (Wildman–Crippen MR) is 66.4 cm³/mol. The molecule has 0 aromatic heterocycles. The van der Waals surface area contributed by atoms with E-state index in [9.17, 15) is 9.59 Å². The number of fused-ring (bicyclic) bond motifs is 1. The smallest absolute Gasteiger partial charge is 0.328 e. The lowest BCUT2D eigenvalue weighted by atomic mass is 10.1. The van der Waals surface area contributed by atoms with Crippen molar-refractivity contribution in [3.63, 3.8) is 0 Å². The summed E-state index contributed by atoms with van der Waals surface area (Å²) in [6.07, 6.45) is 5.82. The van der Waals surface area contributed by atoms with E-state index in [0.717, 1.165) is 11.6 Å². The highest BCUT2D eigenvalue weighted by atomic mass is 16.5. The maximum Gasteiger partial charge on any atom is 0.328 e. The minimum Gasteiger partial charge on any atom is -0.482 e. The Bertz CT molecular complexity index is 546. The summed E-state index contributed by atoms with van der Waals surface area (Å²) in [5.41, 5.74) is 1.46. The number of nitrogens with one attached hydrogen (secondary N) is 1. The third-order valence-electron chi connectivity index (χ3n) is 2.28. The van der Waals surface area contributed by atoms with Gasteiger partial charge in [0.25, 0.3) is 5.91 Å². The summed E-state index contributed by atoms with van der Waals surface area (Å²) in [6, 6.07) is 5.34. The first-order valence-corrected chi connectivity index (χ1v) is 5.29. The fourth-order valence-electron chi connectivity index (χ4n) is 1.51. The molecule has 0 aliphatic carbocycles. The van der Waals surface area contributed by atoms with E-state index >= 15 is 0 Å². The number of carboxylic acid groups (broad SMARTS) is 1. The Labute approximate surface area is 103 Å². The first-order chi connectivity index (χ1) is 8.65. The molecule has 0 atom stereocenters. The molecule has 0 saturated carbocycles. The summed E-state index contributed by atoms with van der Waals surface area (Å²) in [5.74, 6) is -0.548. The Balaban J connectivity index is 2.13. The van der Waals surface area contributed by atoms with Crippen LogP contribution in [0.5, 0.6) is 5.75 Å². The molecule has 0 fully saturated rings. The Morgan fingerprint density at radius 3 is 3.00 bits per heavy atom. The molecular weight excluding hydrogens is 234 g/mol. The lowest BCUT2D eigenvalue weighted by Crippen LogP contribution is -2.25. The average molecular weight is 245 g/mol. The van der Waals surface area contributed by atoms with Gasteiger partial charge in [0.1, 0.15) is 5.75 Å². The number of aliphatic carboxylic acids is 1. The summed E-state index contributed by atoms with van der Waals surface area (Å²) in [4.78, 5) is 21.4. The minimum absolute atomic E-state index is 0.0313. The fourth-order valence-corrected chi connectivity index (χ4v) is 1.51. The molecule has 92 valence electrons. The zero-order valence-corrected chi connectivity index (χ0v) is 9.42. The van der Waals surface area contributed by atoms with Crippen LogP contribution in [0, 0.1) is 0 Å². The highest BCUT2D eigenvalue weighted by molar-refractivity contribution is 5.95. The molecule has 1 aromatic carbocycles. The molecule has 1 aliphatic heterocycles. The van der Waals surface area contributed by atoms with Crippen LogP contribution in [0.1, 0.15) is 5.56 Å². The Morgan fingerprint density at radius 2 is 2.22 bits per heavy atom. The molecule has 0 bridgehead atoms. The van der Waals surface area contributed by atoms with Crippen molar-refractivity contribution in [2.24, 2.45) is 0 Å². The number of rotatable bonds is 3. The van der Waals surface area contributed by atoms with Gasteiger partial charge in [0.2, 0.25) is 0 Å². The number of benzene rings is 1. The summed E-state index contributed by atoms with van der Waals surface area (Å²) in [5, 5.41) is 11.1. The van der Waals surface area contributed by atoms with Gasteiger partial charge < -0.3 is 15.2 Å². The monoisotopic (exact) mass is 245 g/mol. The van der Waals surface area contributed by atoms with Gasteiger partial charge in [-0.15, -0.1) is 0 Å². The standard InChI is InChI=1S/C13H11NO4/c15-12-8-18-11-6-5-9(7-10(11)14-12)3-1-2-4-13(16)17/h1-7H,8H2,(H,14,15)(H,16,17)/b3-1+,4-2+. The van der Waals surface area contributed by atoms with Gasteiger partial charge in [-0.05, 0) is 17.7 Å². The van der Waals surface area contributed by atoms with Crippen molar-refractivity contribution in [2.45, 2.75) is 0 Å². The summed E-state index contributed by atoms with van der Waals surface area (Å²) in [7, 11) is 0. The van der Waals surface area contributed by atoms with Crippen molar-refractivity contribution >= 4 is 23.6 Å². The number of carboxylic acids is 1. The second-order valence-electron chi connectivity index (χ2n) is 3.65. The van der Waals surface area contributed by atoms with Crippen molar-refractivity contribution in [3.8, 4) is 5.75 Å². The number of ether oxygens (including phenoxy) is 1. The molecule has 1 heterocycles. The Hall–Kier alpha value is -2.56. The van der Waals surface area contributed by atoms with Crippen LogP contribution in [-0.2, 0) is 9.59 Å². The maximum absolute atomic E-state index is 11.1. The molecule has 5 nitrogen and oxygen atoms in total. The van der Waals surface area contributed by atoms with E-state index in [4.69, 9.17) is 9.84 Å². The third-order valence-corrected chi connectivity index (χ3v) is 2.28. The zero-order chi connectivity index (χ0) is 13.0. The second kappa shape index (κ2) is 5.18. The van der Waals surface area contributed by atoms with Crippen LogP contribution in [-0.4, -0.2) is 23.6 Å². The van der Waals surface area contributed by atoms with E-state index in [2.05, 4.69) is 5.32 Å². The molecule has 2 N–H and O–H groups in total. The number of hydrogen-bond donors (Lipinski definition) is 2. The minimum atomic E-state index is -0.995. The largest absolute Gasteiger partial charge is 0.482 e. The van der Waals surface area contributed by atoms with E-state index in [0.29, 0.717) is 11.4 Å². The van der Waals surface area contributed by atoms with Crippen LogP contribution < -0.4 is 10.1 Å². The fraction of sp³-hybridized carbons (Fsp3) is 0.0769. The van der Waals surface area contributed by atoms with Crippen molar-refractivity contribution in [3.05, 3.63) is 42.0 Å². The van der Waals surface area contributed by atoms with E-state index in [-0.39, 0.29) is 12.5 Å². The first kappa shape index (κ1) is 11.9. The van der Waals surface area contributed by atoms with Crippen LogP contribution >= 0.6 is 0 Å². The Kier molecular flexibility index (Phi) is 3.43. The van der Waals surface area contributed by atoms with Crippen LogP contribution in [0.25, 0.3) is 6.08 Å². The molecule has 0 radical (unpaired) electrons. The molecule has 1 amide bonds. The quantitative estimate of drug-likeness (QED) is 0.627. The normalized spacial score (nSPS) is 14.3. The number of anilines is 1. The molecule has 1 aromatic rings. The summed E-state index contributed by atoms with van der Waals surface area (Å²) >= 11 is 0. The lowest BCUT2D eigenvalue weighted by molar-refractivity contribution is -0.131. The van der Waals surface area contributed by atoms with Gasteiger partial charge in [-0.1, -0.05) is 24.3 Å². The Morgan fingerprint density at radius 1 is 1.39 bits per heavy atom. The van der Waals surface area contributed by atoms with Crippen LogP contribution in [0.4, 0.5) is 5.69 Å². The number of allylic oxidation sites excluding steroid dienone is 2. The van der Waals surface area contributed by atoms with E-state index in [1.807, 2.05) is 6.07 Å². The van der Waals surface area contributed by atoms with Gasteiger partial charge in [-0.3, -0.25) is 4.79 Å². The highest BCUT2D eigenvalue weighted by Crippen LogP contribution is 2.28. The number of carbonyl (C=O) groups is 2. The number of amides is 1. The van der Waals surface area contributed by atoms with Crippen molar-refractivity contribution in [2.75, 3.05) is 11.9 Å². The van der Waals surface area contributed by atoms with Gasteiger partial charge in [-0.25, -0.2) is 4.79 Å². The topological polar surface area (TPSA) is 75.6 Å². The van der Waals surface area contributed by atoms with E-state index < -0.39 is 5.97 Å². The van der Waals surface area contributed by atoms with Gasteiger partial charge in [-0.2, -0.15) is 0 Å². The first-order valence-electron chi connectivity index (χ1n) is 5.29. The summed E-state index contributed by atoms with van der Waals surface area (Å²) in [6.45, 7) is 0.0313. The van der Waals surface area contributed by atoms with Gasteiger partial charge >= 0.3 is 5.97 Å². The number of carbonyl (C=O) groups excluding carboxylic acids is 1. The predicted octanol–water partition coefficient (Wildman–Crippen LogP) is 1.67. The molecule has 1 aliphatic rings. The van der Waals surface area contributed by atoms with Crippen molar-refractivity contribution < 1.29 is 19.4 Å². The van der Waals surface area contributed by atoms with E-state index in [1.165, 1.54) is 6.08 Å². The van der Waals surface area contributed by atoms with Gasteiger partial charge in [0.15, 0.2) is 6.61 Å². The van der Waals surface area contributed by atoms with Gasteiger partial charge in [0.05, 0.1) is 5.69 Å². The molecule has 0 spiro atoms. The van der Waals surface area contributed by atoms with E-state index in [1.54, 1.807) is 24.3 Å². The molecular formula is C13H11NO4. The van der Waals surface area contributed by atoms with Gasteiger partial charge in [0, 0.05) is 6.08 Å². The molecule has 0 saturated heterocycles. The highest BCUT2D eigenvalue weighted by Gasteiger charge is 2.15. The lowest BCUT2D eigenvalue weighted by Gasteiger charge is -2.17. The SMILES string of the molecule is O=C(O)/C=C/C=C/c1ccc2c(c1)NC(=O)CO2. The second-order valence-corrected chi connectivity index (χ2v) is 3.65. The molecule has 18 heavy (non-hydrogen) atoms. The molecule has 5 heteroatoms. The molecule has 0 unspecified atom stereocenters. The van der Waals surface area contributed by atoms with Crippen molar-refractivity contribution in [1.82, 2.24) is 0 Å². The third kappa shape index (κ3) is 2.98. The summed E-state index contributed by atoms with van der Waals surface area (Å²) < 4.78 is 5.22. The van der Waals surface area contributed by atoms with Crippen LogP contribution in [0.3, 0.4) is 0 Å².